The first-order chi connectivity index (χ1) is 15.4. The first-order valence-electron chi connectivity index (χ1n) is 11.3. The fourth-order valence-corrected chi connectivity index (χ4v) is 4.79. The van der Waals surface area contributed by atoms with Gasteiger partial charge in [0.25, 0.3) is 5.91 Å². The zero-order valence-electron chi connectivity index (χ0n) is 19.0. The van der Waals surface area contributed by atoms with Gasteiger partial charge in [-0.3, -0.25) is 9.69 Å². The Morgan fingerprint density at radius 1 is 1.09 bits per heavy atom. The monoisotopic (exact) mass is 434 g/mol. The van der Waals surface area contributed by atoms with Gasteiger partial charge in [-0.05, 0) is 74.2 Å². The van der Waals surface area contributed by atoms with Gasteiger partial charge in [0.2, 0.25) is 0 Å². The number of hydrogen-bond donors (Lipinski definition) is 0. The van der Waals surface area contributed by atoms with Crippen LogP contribution >= 0.6 is 0 Å². The number of halogens is 1. The molecule has 1 aliphatic heterocycles. The molecule has 0 unspecified atom stereocenters. The van der Waals surface area contributed by atoms with E-state index < -0.39 is 0 Å². The summed E-state index contributed by atoms with van der Waals surface area (Å²) in [6, 6.07) is 18.4. The van der Waals surface area contributed by atoms with Crippen molar-refractivity contribution in [2.45, 2.75) is 39.3 Å². The van der Waals surface area contributed by atoms with Gasteiger partial charge >= 0.3 is 0 Å². The van der Waals surface area contributed by atoms with Crippen LogP contribution in [0.3, 0.4) is 0 Å². The summed E-state index contributed by atoms with van der Waals surface area (Å²) in [5.74, 6) is 1.19. The molecule has 168 valence electrons. The molecule has 0 saturated carbocycles. The molecule has 0 N–H and O–H groups in total. The number of rotatable bonds is 7. The molecule has 2 aromatic carbocycles. The Kier molecular flexibility index (Phi) is 6.75. The van der Waals surface area contributed by atoms with Gasteiger partial charge in [-0.25, -0.2) is 4.39 Å². The molecule has 1 saturated heterocycles. The van der Waals surface area contributed by atoms with Gasteiger partial charge in [-0.1, -0.05) is 24.3 Å². The second-order valence-electron chi connectivity index (χ2n) is 9.05. The minimum absolute atomic E-state index is 0.0456. The molecule has 0 aliphatic carbocycles. The molecular formula is C27H31FN2O2. The van der Waals surface area contributed by atoms with Crippen LogP contribution < -0.4 is 0 Å². The van der Waals surface area contributed by atoms with E-state index in [-0.39, 0.29) is 23.7 Å². The largest absolute Gasteiger partial charge is 0.468 e. The lowest BCUT2D eigenvalue weighted by Crippen LogP contribution is -2.42. The maximum absolute atomic E-state index is 13.4. The van der Waals surface area contributed by atoms with E-state index >= 15 is 0 Å². The maximum Gasteiger partial charge on any atom is 0.254 e. The molecule has 2 heterocycles. The molecule has 0 radical (unpaired) electrons. The van der Waals surface area contributed by atoms with Crippen LogP contribution in [-0.4, -0.2) is 41.4 Å². The van der Waals surface area contributed by atoms with Crippen molar-refractivity contribution in [3.05, 3.63) is 95.2 Å². The van der Waals surface area contributed by atoms with E-state index in [2.05, 4.69) is 36.1 Å². The molecular weight excluding hydrogens is 403 g/mol. The standard InChI is InChI=1S/C27H31FN2O2/c1-19(2)30(27(31)21-10-12-23(28)13-11-21)16-22-15-29(17-24-8-6-14-32-24)18-26(22)25-9-5-4-7-20(25)3/h4-14,19,22,26H,15-18H2,1-3H3/t22-,26-/m0/s1. The van der Waals surface area contributed by atoms with Crippen molar-refractivity contribution in [2.75, 3.05) is 19.6 Å². The van der Waals surface area contributed by atoms with Crippen molar-refractivity contribution in [3.8, 4) is 0 Å². The van der Waals surface area contributed by atoms with Crippen molar-refractivity contribution in [3.63, 3.8) is 0 Å². The van der Waals surface area contributed by atoms with Crippen molar-refractivity contribution < 1.29 is 13.6 Å². The fraction of sp³-hybridized carbons (Fsp3) is 0.370. The number of furan rings is 1. The summed E-state index contributed by atoms with van der Waals surface area (Å²) in [4.78, 5) is 17.7. The third-order valence-corrected chi connectivity index (χ3v) is 6.47. The molecule has 1 fully saturated rings. The Balaban J connectivity index is 1.58. The second kappa shape index (κ2) is 9.70. The average molecular weight is 435 g/mol. The van der Waals surface area contributed by atoms with Gasteiger partial charge in [-0.15, -0.1) is 0 Å². The zero-order valence-corrected chi connectivity index (χ0v) is 19.0. The first-order valence-corrected chi connectivity index (χ1v) is 11.3. The molecule has 5 heteroatoms. The lowest BCUT2D eigenvalue weighted by molar-refractivity contribution is 0.0668. The number of amides is 1. The van der Waals surface area contributed by atoms with E-state index in [1.165, 1.54) is 23.3 Å². The van der Waals surface area contributed by atoms with Crippen LogP contribution in [0.25, 0.3) is 0 Å². The van der Waals surface area contributed by atoms with Crippen LogP contribution in [0.5, 0.6) is 0 Å². The highest BCUT2D eigenvalue weighted by atomic mass is 19.1. The minimum Gasteiger partial charge on any atom is -0.468 e. The highest BCUT2D eigenvalue weighted by Gasteiger charge is 2.37. The third-order valence-electron chi connectivity index (χ3n) is 6.47. The van der Waals surface area contributed by atoms with Gasteiger partial charge in [0, 0.05) is 37.2 Å². The lowest BCUT2D eigenvalue weighted by Gasteiger charge is -2.32. The summed E-state index contributed by atoms with van der Waals surface area (Å²) < 4.78 is 19.0. The highest BCUT2D eigenvalue weighted by molar-refractivity contribution is 5.94. The SMILES string of the molecule is Cc1ccccc1[C@H]1CN(Cc2ccco2)C[C@H]1CN(C(=O)c1ccc(F)cc1)C(C)C. The number of aryl methyl sites for hydroxylation is 1. The van der Waals surface area contributed by atoms with E-state index in [1.807, 2.05) is 30.9 Å². The summed E-state index contributed by atoms with van der Waals surface area (Å²) in [7, 11) is 0. The van der Waals surface area contributed by atoms with Gasteiger partial charge in [-0.2, -0.15) is 0 Å². The van der Waals surface area contributed by atoms with E-state index in [4.69, 9.17) is 4.42 Å². The predicted octanol–water partition coefficient (Wildman–Crippen LogP) is 5.49. The molecule has 4 nitrogen and oxygen atoms in total. The van der Waals surface area contributed by atoms with E-state index in [9.17, 15) is 9.18 Å². The normalized spacial score (nSPS) is 18.9. The highest BCUT2D eigenvalue weighted by Crippen LogP contribution is 2.36. The van der Waals surface area contributed by atoms with Gasteiger partial charge in [0.1, 0.15) is 11.6 Å². The number of nitrogens with zero attached hydrogens (tertiary/aromatic N) is 2. The number of benzene rings is 2. The molecule has 1 aliphatic rings. The average Bonchev–Trinajstić information content (AvgIpc) is 3.42. The molecule has 1 amide bonds. The molecule has 32 heavy (non-hydrogen) atoms. The number of hydrogen-bond acceptors (Lipinski definition) is 3. The van der Waals surface area contributed by atoms with E-state index in [0.29, 0.717) is 18.0 Å². The molecule has 2 atom stereocenters. The van der Waals surface area contributed by atoms with E-state index in [1.54, 1.807) is 18.4 Å². The summed E-state index contributed by atoms with van der Waals surface area (Å²) in [5.41, 5.74) is 3.15. The minimum atomic E-state index is -0.332. The summed E-state index contributed by atoms with van der Waals surface area (Å²) in [6.45, 7) is 9.47. The van der Waals surface area contributed by atoms with Crippen LogP contribution in [0.2, 0.25) is 0 Å². The number of carbonyl (C=O) groups is 1. The summed E-state index contributed by atoms with van der Waals surface area (Å²) >= 11 is 0. The molecule has 4 rings (SSSR count). The molecule has 3 aromatic rings. The van der Waals surface area contributed by atoms with Crippen LogP contribution in [0, 0.1) is 18.7 Å². The summed E-state index contributed by atoms with van der Waals surface area (Å²) in [5, 5.41) is 0. The Hall–Kier alpha value is -2.92. The van der Waals surface area contributed by atoms with E-state index in [0.717, 1.165) is 25.4 Å². The molecule has 0 spiro atoms. The lowest BCUT2D eigenvalue weighted by atomic mass is 9.86. The predicted molar refractivity (Wildman–Crippen MR) is 124 cm³/mol. The second-order valence-corrected chi connectivity index (χ2v) is 9.05. The first kappa shape index (κ1) is 22.3. The van der Waals surface area contributed by atoms with Crippen molar-refractivity contribution >= 4 is 5.91 Å². The topological polar surface area (TPSA) is 36.7 Å². The van der Waals surface area contributed by atoms with Gasteiger partial charge in [0.05, 0.1) is 12.8 Å². The third kappa shape index (κ3) is 4.94. The van der Waals surface area contributed by atoms with Crippen LogP contribution in [0.4, 0.5) is 4.39 Å². The Morgan fingerprint density at radius 2 is 1.84 bits per heavy atom. The fourth-order valence-electron chi connectivity index (χ4n) is 4.79. The summed E-state index contributed by atoms with van der Waals surface area (Å²) in [6.07, 6.45) is 1.71. The van der Waals surface area contributed by atoms with Crippen LogP contribution in [-0.2, 0) is 6.54 Å². The van der Waals surface area contributed by atoms with Crippen LogP contribution in [0.15, 0.2) is 71.3 Å². The van der Waals surface area contributed by atoms with Crippen molar-refractivity contribution in [2.24, 2.45) is 5.92 Å². The number of likely N-dealkylation sites (tertiary alicyclic amines) is 1. The Bertz CT molecular complexity index is 1030. The van der Waals surface area contributed by atoms with Gasteiger partial charge in [0.15, 0.2) is 0 Å². The van der Waals surface area contributed by atoms with Gasteiger partial charge < -0.3 is 9.32 Å². The van der Waals surface area contributed by atoms with Crippen LogP contribution in [0.1, 0.15) is 47.0 Å². The molecule has 1 aromatic heterocycles. The smallest absolute Gasteiger partial charge is 0.254 e. The maximum atomic E-state index is 13.4. The Morgan fingerprint density at radius 3 is 2.50 bits per heavy atom. The Labute approximate surface area is 189 Å². The van der Waals surface area contributed by atoms with Crippen molar-refractivity contribution in [1.29, 1.82) is 0 Å². The molecule has 0 bridgehead atoms. The zero-order chi connectivity index (χ0) is 22.7. The number of carbonyl (C=O) groups excluding carboxylic acids is 1. The van der Waals surface area contributed by atoms with Crippen molar-refractivity contribution in [1.82, 2.24) is 9.80 Å². The quantitative estimate of drug-likeness (QED) is 0.493.